The first-order valence-corrected chi connectivity index (χ1v) is 16.4. The summed E-state index contributed by atoms with van der Waals surface area (Å²) in [6, 6.07) is 29.4. The first-order valence-electron chi connectivity index (χ1n) is 14.7. The molecule has 1 aliphatic rings. The molecule has 0 radical (unpaired) electrons. The number of rotatable bonds is 13. The molecule has 0 aliphatic carbocycles. The fourth-order valence-electron chi connectivity index (χ4n) is 5.84. The highest BCUT2D eigenvalue weighted by Gasteiger charge is 2.45. The van der Waals surface area contributed by atoms with Crippen molar-refractivity contribution >= 4 is 21.7 Å². The third kappa shape index (κ3) is 6.91. The second-order valence-electron chi connectivity index (χ2n) is 10.8. The molecule has 42 heavy (non-hydrogen) atoms. The molecule has 2 atom stereocenters. The Labute approximate surface area is 249 Å². The summed E-state index contributed by atoms with van der Waals surface area (Å²) < 4.78 is 24.9. The van der Waals surface area contributed by atoms with E-state index in [9.17, 15) is 23.3 Å². The van der Waals surface area contributed by atoms with Gasteiger partial charge in [-0.05, 0) is 55.2 Å². The fraction of sp³-hybridized carbons (Fsp3) is 0.382. The lowest BCUT2D eigenvalue weighted by Gasteiger charge is -2.28. The molecule has 0 saturated carbocycles. The van der Waals surface area contributed by atoms with E-state index in [0.29, 0.717) is 37.8 Å². The third-order valence-electron chi connectivity index (χ3n) is 8.02. The van der Waals surface area contributed by atoms with Crippen molar-refractivity contribution in [1.29, 1.82) is 5.26 Å². The maximum absolute atomic E-state index is 13.5. The molecule has 8 heteroatoms. The van der Waals surface area contributed by atoms with Crippen LogP contribution in [0.5, 0.6) is 0 Å². The number of benzene rings is 3. The van der Waals surface area contributed by atoms with E-state index in [1.165, 1.54) is 0 Å². The Hall–Kier alpha value is -3.96. The first-order chi connectivity index (χ1) is 20.3. The van der Waals surface area contributed by atoms with Crippen LogP contribution in [0.1, 0.15) is 74.6 Å². The van der Waals surface area contributed by atoms with Crippen LogP contribution in [0.2, 0.25) is 0 Å². The zero-order valence-corrected chi connectivity index (χ0v) is 24.9. The lowest BCUT2D eigenvalue weighted by Crippen LogP contribution is -2.47. The van der Waals surface area contributed by atoms with Crippen LogP contribution in [0.25, 0.3) is 0 Å². The molecule has 1 aliphatic heterocycles. The van der Waals surface area contributed by atoms with Crippen molar-refractivity contribution in [1.82, 2.24) is 10.2 Å². The van der Waals surface area contributed by atoms with Crippen molar-refractivity contribution in [2.24, 2.45) is 0 Å². The topological polar surface area (TPSA) is 107 Å². The van der Waals surface area contributed by atoms with Gasteiger partial charge in [-0.2, -0.15) is 5.26 Å². The van der Waals surface area contributed by atoms with Gasteiger partial charge in [-0.1, -0.05) is 97.9 Å². The van der Waals surface area contributed by atoms with Crippen molar-refractivity contribution in [3.8, 4) is 6.07 Å². The summed E-state index contributed by atoms with van der Waals surface area (Å²) in [5.74, 6) is -0.384. The van der Waals surface area contributed by atoms with E-state index in [2.05, 4.69) is 11.4 Å². The molecular formula is C34H39N3O4S. The van der Waals surface area contributed by atoms with Crippen molar-refractivity contribution in [2.75, 3.05) is 12.3 Å². The Bertz CT molecular complexity index is 1430. The van der Waals surface area contributed by atoms with Gasteiger partial charge in [-0.15, -0.1) is 0 Å². The molecule has 0 bridgehead atoms. The largest absolute Gasteiger partial charge is 0.343 e. The summed E-state index contributed by atoms with van der Waals surface area (Å²) in [4.78, 5) is 28.5. The number of nitrogens with one attached hydrogen (secondary N) is 1. The predicted octanol–water partition coefficient (Wildman–Crippen LogP) is 5.69. The van der Waals surface area contributed by atoms with Gasteiger partial charge in [-0.3, -0.25) is 9.59 Å². The predicted molar refractivity (Wildman–Crippen MR) is 164 cm³/mol. The van der Waals surface area contributed by atoms with Crippen LogP contribution >= 0.6 is 0 Å². The van der Waals surface area contributed by atoms with Gasteiger partial charge in [-0.25, -0.2) is 8.42 Å². The van der Waals surface area contributed by atoms with Gasteiger partial charge in [0.25, 0.3) is 0 Å². The lowest BCUT2D eigenvalue weighted by atomic mass is 9.93. The maximum atomic E-state index is 13.5. The third-order valence-corrected chi connectivity index (χ3v) is 10.6. The van der Waals surface area contributed by atoms with E-state index in [0.717, 1.165) is 17.5 Å². The number of carbonyl (C=O) groups excluding carboxylic acids is 2. The first kappa shape index (κ1) is 31.0. The number of nitriles is 1. The molecule has 1 heterocycles. The number of nitrogens with zero attached hydrogens (tertiary/aromatic N) is 2. The quantitative estimate of drug-likeness (QED) is 0.260. The Kier molecular flexibility index (Phi) is 10.5. The van der Waals surface area contributed by atoms with Gasteiger partial charge in [0.05, 0.1) is 17.9 Å². The summed E-state index contributed by atoms with van der Waals surface area (Å²) in [5.41, 5.74) is 2.39. The summed E-state index contributed by atoms with van der Waals surface area (Å²) in [6.45, 7) is 2.29. The van der Waals surface area contributed by atoms with Crippen LogP contribution in [0.3, 0.4) is 0 Å². The number of carbonyl (C=O) groups is 2. The molecule has 0 aromatic heterocycles. The van der Waals surface area contributed by atoms with Gasteiger partial charge in [0.2, 0.25) is 11.8 Å². The van der Waals surface area contributed by atoms with E-state index < -0.39 is 20.6 Å². The number of hydrogen-bond acceptors (Lipinski definition) is 5. The highest BCUT2D eigenvalue weighted by Crippen LogP contribution is 2.37. The average molecular weight is 586 g/mol. The number of likely N-dealkylation sites (tertiary alicyclic amines) is 1. The zero-order chi connectivity index (χ0) is 30.0. The van der Waals surface area contributed by atoms with Crippen LogP contribution in [0.15, 0.2) is 91.0 Å². The van der Waals surface area contributed by atoms with Crippen molar-refractivity contribution in [3.63, 3.8) is 0 Å². The van der Waals surface area contributed by atoms with Crippen LogP contribution in [0, 0.1) is 11.3 Å². The van der Waals surface area contributed by atoms with Crippen LogP contribution in [-0.2, 0) is 24.2 Å². The Morgan fingerprint density at radius 2 is 1.52 bits per heavy atom. The molecule has 3 aromatic rings. The fourth-order valence-corrected chi connectivity index (χ4v) is 7.82. The highest BCUT2D eigenvalue weighted by molar-refractivity contribution is 7.92. The van der Waals surface area contributed by atoms with Gasteiger partial charge in [0.15, 0.2) is 14.6 Å². The highest BCUT2D eigenvalue weighted by atomic mass is 32.2. The van der Waals surface area contributed by atoms with Crippen LogP contribution < -0.4 is 5.32 Å². The number of amides is 2. The van der Waals surface area contributed by atoms with E-state index >= 15 is 0 Å². The summed E-state index contributed by atoms with van der Waals surface area (Å²) in [7, 11) is -3.74. The Morgan fingerprint density at radius 3 is 2.07 bits per heavy atom. The molecule has 7 nitrogen and oxygen atoms in total. The molecule has 1 unspecified atom stereocenters. The lowest BCUT2D eigenvalue weighted by molar-refractivity contribution is -0.138. The Morgan fingerprint density at radius 1 is 0.952 bits per heavy atom. The Balaban J connectivity index is 1.41. The monoisotopic (exact) mass is 585 g/mol. The smallest absolute Gasteiger partial charge is 0.243 e. The molecule has 220 valence electrons. The van der Waals surface area contributed by atoms with Crippen molar-refractivity contribution in [3.05, 3.63) is 108 Å². The molecule has 3 aromatic carbocycles. The summed E-state index contributed by atoms with van der Waals surface area (Å²) in [5, 5.41) is 13.3. The van der Waals surface area contributed by atoms with Crippen LogP contribution in [-0.4, -0.2) is 43.5 Å². The molecule has 1 saturated heterocycles. The number of sulfone groups is 1. The van der Waals surface area contributed by atoms with Crippen LogP contribution in [0.4, 0.5) is 0 Å². The minimum atomic E-state index is -3.74. The standard InChI is InChI=1S/C34H39N3O4S/c1-2-25-42(40,41)34(26-35,29-19-10-5-11-20-29)23-13-12-22-31(38)37-24-14-21-30(37)33(39)36-32(27-15-6-3-7-16-27)28-17-8-4-9-18-28/h3-11,15-20,30,32H,2,12-14,21-25H2,1H3,(H,36,39)/t30-,34?/m1/s1. The zero-order valence-electron chi connectivity index (χ0n) is 24.1. The van der Waals surface area contributed by atoms with E-state index in [-0.39, 0.29) is 36.5 Å². The molecular weight excluding hydrogens is 546 g/mol. The summed E-state index contributed by atoms with van der Waals surface area (Å²) in [6.07, 6.45) is 2.88. The SMILES string of the molecule is CCCS(=O)(=O)C(C#N)(CCCCC(=O)N1CCC[C@@H]1C(=O)NC(c1ccccc1)c1ccccc1)c1ccccc1. The van der Waals surface area contributed by atoms with Gasteiger partial charge < -0.3 is 10.2 Å². The molecule has 1 N–H and O–H groups in total. The normalized spacial score (nSPS) is 16.5. The van der Waals surface area contributed by atoms with Gasteiger partial charge >= 0.3 is 0 Å². The molecule has 2 amide bonds. The minimum absolute atomic E-state index is 0.0775. The second-order valence-corrected chi connectivity index (χ2v) is 13.2. The molecule has 1 fully saturated rings. The maximum Gasteiger partial charge on any atom is 0.243 e. The van der Waals surface area contributed by atoms with Crippen molar-refractivity contribution < 1.29 is 18.0 Å². The van der Waals surface area contributed by atoms with Gasteiger partial charge in [0, 0.05) is 13.0 Å². The van der Waals surface area contributed by atoms with Crippen molar-refractivity contribution in [2.45, 2.75) is 68.7 Å². The van der Waals surface area contributed by atoms with E-state index in [1.54, 1.807) is 42.2 Å². The average Bonchev–Trinajstić information content (AvgIpc) is 3.52. The summed E-state index contributed by atoms with van der Waals surface area (Å²) >= 11 is 0. The van der Waals surface area contributed by atoms with Gasteiger partial charge in [0.1, 0.15) is 6.04 Å². The number of unbranched alkanes of at least 4 members (excludes halogenated alkanes) is 1. The second kappa shape index (κ2) is 14.3. The molecule has 4 rings (SSSR count). The van der Waals surface area contributed by atoms with E-state index in [1.807, 2.05) is 60.7 Å². The number of hydrogen-bond donors (Lipinski definition) is 1. The van der Waals surface area contributed by atoms with E-state index in [4.69, 9.17) is 0 Å². The molecule has 0 spiro atoms. The minimum Gasteiger partial charge on any atom is -0.343 e.